The van der Waals surface area contributed by atoms with E-state index in [4.69, 9.17) is 0 Å². The molecule has 0 aliphatic carbocycles. The Balaban J connectivity index is 2.61. The van der Waals surface area contributed by atoms with Crippen molar-refractivity contribution in [2.24, 2.45) is 0 Å². The molecule has 0 heterocycles. The van der Waals surface area contributed by atoms with Crippen LogP contribution in [0, 0.1) is 47.4 Å². The lowest BCUT2D eigenvalue weighted by atomic mass is 10.2. The summed E-state index contributed by atoms with van der Waals surface area (Å²) in [6, 6.07) is 9.69. The predicted octanol–water partition coefficient (Wildman–Crippen LogP) is 2.07. The van der Waals surface area contributed by atoms with Crippen molar-refractivity contribution in [3.8, 4) is 47.4 Å². The highest BCUT2D eigenvalue weighted by Gasteiger charge is 1.78. The highest BCUT2D eigenvalue weighted by Crippen LogP contribution is 1.93. The van der Waals surface area contributed by atoms with Gasteiger partial charge in [-0.05, 0) is 54.6 Å². The third-order valence-electron chi connectivity index (χ3n) is 1.42. The van der Waals surface area contributed by atoms with Crippen LogP contribution in [-0.4, -0.2) is 0 Å². The number of rotatable bonds is 0. The summed E-state index contributed by atoms with van der Waals surface area (Å²) in [6.07, 6.45) is 0. The maximum atomic E-state index is 2.91. The number of hydrogen-bond acceptors (Lipinski definition) is 0. The van der Waals surface area contributed by atoms with E-state index in [2.05, 4.69) is 47.4 Å². The summed E-state index contributed by atoms with van der Waals surface area (Å²) < 4.78 is 0. The van der Waals surface area contributed by atoms with E-state index in [-0.39, 0.29) is 0 Å². The zero-order chi connectivity index (χ0) is 10.8. The van der Waals surface area contributed by atoms with Crippen LogP contribution < -0.4 is 0 Å². The fraction of sp³-hybridized carbons (Fsp3) is 0.0667. The number of hydrogen-bond donors (Lipinski definition) is 0. The van der Waals surface area contributed by atoms with Crippen LogP contribution in [0.1, 0.15) is 12.5 Å². The molecule has 0 spiro atoms. The Morgan fingerprint density at radius 2 is 1.33 bits per heavy atom. The van der Waals surface area contributed by atoms with Crippen LogP contribution in [-0.2, 0) is 0 Å². The van der Waals surface area contributed by atoms with Crippen LogP contribution in [0.25, 0.3) is 0 Å². The van der Waals surface area contributed by atoms with Gasteiger partial charge in [0.2, 0.25) is 0 Å². The molecular formula is C15H8. The first-order valence-corrected chi connectivity index (χ1v) is 4.41. The highest BCUT2D eigenvalue weighted by atomic mass is 13.8. The first-order valence-electron chi connectivity index (χ1n) is 4.41. The zero-order valence-electron chi connectivity index (χ0n) is 8.39. The van der Waals surface area contributed by atoms with Crippen LogP contribution in [0.3, 0.4) is 0 Å². The molecule has 0 N–H and O–H groups in total. The summed E-state index contributed by atoms with van der Waals surface area (Å²) in [5.74, 6) is 21.3. The molecule has 0 saturated heterocycles. The maximum Gasteiger partial charge on any atom is 0.0255 e. The van der Waals surface area contributed by atoms with Crippen molar-refractivity contribution >= 4 is 0 Å². The SMILES string of the molecule is CC#CC#CC#CC#Cc1ccccc1. The van der Waals surface area contributed by atoms with Crippen LogP contribution in [0.5, 0.6) is 0 Å². The van der Waals surface area contributed by atoms with Gasteiger partial charge in [-0.25, -0.2) is 0 Å². The second kappa shape index (κ2) is 6.92. The van der Waals surface area contributed by atoms with Gasteiger partial charge >= 0.3 is 0 Å². The van der Waals surface area contributed by atoms with E-state index in [1.165, 1.54) is 0 Å². The molecule has 0 aliphatic heterocycles. The minimum absolute atomic E-state index is 0.952. The van der Waals surface area contributed by atoms with Gasteiger partial charge in [-0.2, -0.15) is 0 Å². The molecule has 0 fully saturated rings. The van der Waals surface area contributed by atoms with E-state index in [0.29, 0.717) is 0 Å². The molecule has 1 rings (SSSR count). The molecule has 0 amide bonds. The summed E-state index contributed by atoms with van der Waals surface area (Å²) >= 11 is 0. The molecule has 0 saturated carbocycles. The van der Waals surface area contributed by atoms with Crippen molar-refractivity contribution in [1.82, 2.24) is 0 Å². The molecule has 0 bridgehead atoms. The van der Waals surface area contributed by atoms with E-state index < -0.39 is 0 Å². The van der Waals surface area contributed by atoms with Crippen molar-refractivity contribution in [2.45, 2.75) is 6.92 Å². The van der Waals surface area contributed by atoms with Crippen molar-refractivity contribution in [3.63, 3.8) is 0 Å². The Kier molecular flexibility index (Phi) is 4.86. The van der Waals surface area contributed by atoms with Gasteiger partial charge in [-0.3, -0.25) is 0 Å². The lowest BCUT2D eigenvalue weighted by molar-refractivity contribution is 1.65. The molecule has 1 aromatic carbocycles. The Morgan fingerprint density at radius 3 is 2.00 bits per heavy atom. The smallest absolute Gasteiger partial charge is 0.0255 e. The second-order valence-electron chi connectivity index (χ2n) is 2.49. The van der Waals surface area contributed by atoms with Gasteiger partial charge in [0, 0.05) is 5.56 Å². The molecule has 0 atom stereocenters. The van der Waals surface area contributed by atoms with E-state index in [1.54, 1.807) is 6.92 Å². The Bertz CT molecular complexity index is 547. The summed E-state index contributed by atoms with van der Waals surface area (Å²) in [5, 5.41) is 0. The quantitative estimate of drug-likeness (QED) is 0.547. The molecule has 0 nitrogen and oxygen atoms in total. The van der Waals surface area contributed by atoms with Crippen molar-refractivity contribution in [3.05, 3.63) is 35.9 Å². The Hall–Kier alpha value is -2.54. The topological polar surface area (TPSA) is 0 Å². The molecule has 0 aliphatic rings. The van der Waals surface area contributed by atoms with Crippen molar-refractivity contribution < 1.29 is 0 Å². The molecule has 68 valence electrons. The lowest BCUT2D eigenvalue weighted by Gasteiger charge is -1.83. The van der Waals surface area contributed by atoms with Gasteiger partial charge in [-0.15, -0.1) is 0 Å². The fourth-order valence-corrected chi connectivity index (χ4v) is 0.812. The molecule has 0 heteroatoms. The lowest BCUT2D eigenvalue weighted by Crippen LogP contribution is -1.68. The van der Waals surface area contributed by atoms with Gasteiger partial charge < -0.3 is 0 Å². The standard InChI is InChI=1S/C15H8/c1-2-3-4-5-6-7-9-12-15-13-10-8-11-14-15/h8,10-11,13-14H,1H3. The second-order valence-corrected chi connectivity index (χ2v) is 2.49. The molecular weight excluding hydrogens is 180 g/mol. The van der Waals surface area contributed by atoms with Gasteiger partial charge in [0.25, 0.3) is 0 Å². The van der Waals surface area contributed by atoms with E-state index in [9.17, 15) is 0 Å². The first-order chi connectivity index (χ1) is 7.43. The van der Waals surface area contributed by atoms with Gasteiger partial charge in [0.05, 0.1) is 0 Å². The van der Waals surface area contributed by atoms with Crippen LogP contribution in [0.15, 0.2) is 30.3 Å². The van der Waals surface area contributed by atoms with Crippen molar-refractivity contribution in [1.29, 1.82) is 0 Å². The van der Waals surface area contributed by atoms with Gasteiger partial charge in [-0.1, -0.05) is 30.0 Å². The summed E-state index contributed by atoms with van der Waals surface area (Å²) in [5.41, 5.74) is 0.952. The van der Waals surface area contributed by atoms with Crippen LogP contribution in [0.2, 0.25) is 0 Å². The zero-order valence-corrected chi connectivity index (χ0v) is 8.39. The van der Waals surface area contributed by atoms with Crippen LogP contribution >= 0.6 is 0 Å². The Morgan fingerprint density at radius 1 is 0.733 bits per heavy atom. The average molecular weight is 188 g/mol. The summed E-state index contributed by atoms with van der Waals surface area (Å²) in [4.78, 5) is 0. The molecule has 0 unspecified atom stereocenters. The minimum Gasteiger partial charge on any atom is -0.0925 e. The first kappa shape index (κ1) is 10.5. The highest BCUT2D eigenvalue weighted by molar-refractivity contribution is 5.43. The van der Waals surface area contributed by atoms with Gasteiger partial charge in [0.15, 0.2) is 0 Å². The maximum absolute atomic E-state index is 2.91. The van der Waals surface area contributed by atoms with E-state index >= 15 is 0 Å². The summed E-state index contributed by atoms with van der Waals surface area (Å²) in [7, 11) is 0. The third-order valence-corrected chi connectivity index (χ3v) is 1.42. The Labute approximate surface area is 90.7 Å². The van der Waals surface area contributed by atoms with Crippen molar-refractivity contribution in [2.75, 3.05) is 0 Å². The largest absolute Gasteiger partial charge is 0.0925 e. The van der Waals surface area contributed by atoms with Gasteiger partial charge in [0.1, 0.15) is 0 Å². The van der Waals surface area contributed by atoms with E-state index in [0.717, 1.165) is 5.56 Å². The minimum atomic E-state index is 0.952. The third kappa shape index (κ3) is 4.90. The molecule has 1 aromatic rings. The van der Waals surface area contributed by atoms with Crippen LogP contribution in [0.4, 0.5) is 0 Å². The molecule has 15 heavy (non-hydrogen) atoms. The molecule has 0 aromatic heterocycles. The monoisotopic (exact) mass is 188 g/mol. The summed E-state index contributed by atoms with van der Waals surface area (Å²) in [6.45, 7) is 1.73. The number of benzene rings is 1. The predicted molar refractivity (Wildman–Crippen MR) is 62.3 cm³/mol. The fourth-order valence-electron chi connectivity index (χ4n) is 0.812. The van der Waals surface area contributed by atoms with E-state index in [1.807, 2.05) is 30.3 Å². The molecule has 0 radical (unpaired) electrons. The normalized spacial score (nSPS) is 6.20. The average Bonchev–Trinajstić information content (AvgIpc) is 2.29.